The summed E-state index contributed by atoms with van der Waals surface area (Å²) in [6.07, 6.45) is 4.52. The Kier molecular flexibility index (Phi) is 5.67. The molecule has 35 heavy (non-hydrogen) atoms. The van der Waals surface area contributed by atoms with E-state index in [0.29, 0.717) is 41.5 Å². The first-order chi connectivity index (χ1) is 16.8. The molecule has 4 heterocycles. The molecule has 3 fully saturated rings. The lowest BCUT2D eigenvalue weighted by Gasteiger charge is -2.36. The molecular formula is C24H27ClF2N6O2. The van der Waals surface area contributed by atoms with Crippen molar-refractivity contribution in [2.45, 2.75) is 56.2 Å². The fourth-order valence-electron chi connectivity index (χ4n) is 5.31. The number of aliphatic hydroxyl groups is 1. The van der Waals surface area contributed by atoms with Crippen molar-refractivity contribution in [3.05, 3.63) is 40.8 Å². The number of piperidine rings is 1. The third kappa shape index (κ3) is 4.26. The maximum atomic E-state index is 13.5. The molecule has 1 aromatic carbocycles. The predicted octanol–water partition coefficient (Wildman–Crippen LogP) is 4.05. The number of aromatic nitrogens is 4. The van der Waals surface area contributed by atoms with Crippen molar-refractivity contribution < 1.29 is 18.6 Å². The number of alkyl halides is 2. The lowest BCUT2D eigenvalue weighted by atomic mass is 9.88. The number of rotatable bonds is 5. The lowest BCUT2D eigenvalue weighted by molar-refractivity contribution is 0.0663. The molecule has 6 rings (SSSR count). The van der Waals surface area contributed by atoms with Crippen LogP contribution in [0.25, 0.3) is 10.9 Å². The van der Waals surface area contributed by atoms with Crippen LogP contribution in [0.5, 0.6) is 0 Å². The standard InChI is InChI=1S/C24H27ClF2N6O2/c1-13-19(10-29-33(13)22-8-24(22,26)27)31-23-28-9-15-6-17(25)16(7-18(15)30-23)14-2-4-32(5-3-14)20-11-35-12-21(20)34/h6-7,9-10,14,20-22,34H,2-5,8,11-12H2,1H3,(H,28,30,31)/t20-,21?,22?/m1/s1. The van der Waals surface area contributed by atoms with Crippen LogP contribution < -0.4 is 5.32 Å². The molecule has 186 valence electrons. The van der Waals surface area contributed by atoms with E-state index in [2.05, 4.69) is 25.3 Å². The van der Waals surface area contributed by atoms with Gasteiger partial charge in [0.2, 0.25) is 5.95 Å². The summed E-state index contributed by atoms with van der Waals surface area (Å²) in [5.41, 5.74) is 3.05. The molecule has 0 spiro atoms. The number of benzene rings is 1. The molecule has 2 N–H and O–H groups in total. The van der Waals surface area contributed by atoms with Gasteiger partial charge < -0.3 is 15.2 Å². The first kappa shape index (κ1) is 23.0. The van der Waals surface area contributed by atoms with Gasteiger partial charge in [-0.25, -0.2) is 18.7 Å². The number of halogens is 3. The molecule has 2 unspecified atom stereocenters. The summed E-state index contributed by atoms with van der Waals surface area (Å²) in [5, 5.41) is 18.9. The van der Waals surface area contributed by atoms with Gasteiger partial charge >= 0.3 is 0 Å². The van der Waals surface area contributed by atoms with Crippen LogP contribution >= 0.6 is 11.6 Å². The van der Waals surface area contributed by atoms with Crippen molar-refractivity contribution >= 4 is 34.1 Å². The van der Waals surface area contributed by atoms with Crippen molar-refractivity contribution in [2.75, 3.05) is 31.6 Å². The van der Waals surface area contributed by atoms with Gasteiger partial charge in [0.05, 0.1) is 48.5 Å². The van der Waals surface area contributed by atoms with Crippen molar-refractivity contribution in [1.82, 2.24) is 24.6 Å². The highest BCUT2D eigenvalue weighted by molar-refractivity contribution is 6.32. The van der Waals surface area contributed by atoms with Gasteiger partial charge in [-0.15, -0.1) is 0 Å². The highest BCUT2D eigenvalue weighted by Gasteiger charge is 2.59. The largest absolute Gasteiger partial charge is 0.389 e. The van der Waals surface area contributed by atoms with Crippen LogP contribution in [0.15, 0.2) is 24.5 Å². The van der Waals surface area contributed by atoms with E-state index in [9.17, 15) is 13.9 Å². The summed E-state index contributed by atoms with van der Waals surface area (Å²) in [5.74, 6) is -2.01. The summed E-state index contributed by atoms with van der Waals surface area (Å²) in [6.45, 7) is 4.50. The van der Waals surface area contributed by atoms with Gasteiger partial charge in [0.15, 0.2) is 0 Å². The van der Waals surface area contributed by atoms with Crippen molar-refractivity contribution in [1.29, 1.82) is 0 Å². The average molecular weight is 505 g/mol. The SMILES string of the molecule is Cc1c(Nc2ncc3cc(Cl)c(C4CCN([C@@H]5COCC5O)CC4)cc3n2)cnn1C1CC1(F)F. The number of fused-ring (bicyclic) bond motifs is 1. The Bertz CT molecular complexity index is 1260. The third-order valence-corrected chi connectivity index (χ3v) is 7.86. The fourth-order valence-corrected chi connectivity index (χ4v) is 5.63. The molecule has 8 nitrogen and oxygen atoms in total. The van der Waals surface area contributed by atoms with Crippen LogP contribution in [0.1, 0.15) is 42.5 Å². The summed E-state index contributed by atoms with van der Waals surface area (Å²) in [4.78, 5) is 11.4. The Labute approximate surface area is 206 Å². The van der Waals surface area contributed by atoms with Crippen LogP contribution in [0.4, 0.5) is 20.4 Å². The second-order valence-corrected chi connectivity index (χ2v) is 10.2. The van der Waals surface area contributed by atoms with Crippen LogP contribution in [-0.2, 0) is 4.74 Å². The van der Waals surface area contributed by atoms with E-state index in [1.165, 1.54) is 10.9 Å². The third-order valence-electron chi connectivity index (χ3n) is 7.54. The normalized spacial score (nSPS) is 26.9. The first-order valence-electron chi connectivity index (χ1n) is 11.9. The molecule has 2 saturated heterocycles. The minimum atomic E-state index is -2.69. The zero-order valence-electron chi connectivity index (χ0n) is 19.3. The Morgan fingerprint density at radius 2 is 1.97 bits per heavy atom. The highest BCUT2D eigenvalue weighted by atomic mass is 35.5. The molecule has 11 heteroatoms. The molecule has 0 bridgehead atoms. The van der Waals surface area contributed by atoms with Gasteiger partial charge in [0, 0.05) is 23.0 Å². The Morgan fingerprint density at radius 3 is 2.66 bits per heavy atom. The minimum Gasteiger partial charge on any atom is -0.389 e. The van der Waals surface area contributed by atoms with E-state index in [1.807, 2.05) is 12.1 Å². The van der Waals surface area contributed by atoms with Crippen LogP contribution in [0.3, 0.4) is 0 Å². The van der Waals surface area contributed by atoms with Crippen LogP contribution in [0, 0.1) is 6.92 Å². The van der Waals surface area contributed by atoms with E-state index < -0.39 is 18.1 Å². The molecular weight excluding hydrogens is 478 g/mol. The van der Waals surface area contributed by atoms with E-state index in [1.54, 1.807) is 13.1 Å². The zero-order chi connectivity index (χ0) is 24.3. The second kappa shape index (κ2) is 8.62. The van der Waals surface area contributed by atoms with Gasteiger partial charge in [-0.1, -0.05) is 11.6 Å². The van der Waals surface area contributed by atoms with Gasteiger partial charge in [0.25, 0.3) is 5.92 Å². The highest BCUT2D eigenvalue weighted by Crippen LogP contribution is 2.53. The average Bonchev–Trinajstić information content (AvgIpc) is 3.11. The Morgan fingerprint density at radius 1 is 1.20 bits per heavy atom. The van der Waals surface area contributed by atoms with Gasteiger partial charge in [-0.2, -0.15) is 5.10 Å². The Hall–Kier alpha value is -2.40. The number of nitrogens with one attached hydrogen (secondary N) is 1. The van der Waals surface area contributed by atoms with Gasteiger partial charge in [-0.05, 0) is 56.5 Å². The number of hydrogen-bond acceptors (Lipinski definition) is 7. The fraction of sp³-hybridized carbons (Fsp3) is 0.542. The van der Waals surface area contributed by atoms with Crippen molar-refractivity contribution in [2.24, 2.45) is 0 Å². The van der Waals surface area contributed by atoms with E-state index >= 15 is 0 Å². The van der Waals surface area contributed by atoms with E-state index in [4.69, 9.17) is 16.3 Å². The van der Waals surface area contributed by atoms with Crippen LogP contribution in [0.2, 0.25) is 5.02 Å². The monoisotopic (exact) mass is 504 g/mol. The van der Waals surface area contributed by atoms with Gasteiger partial charge in [-0.3, -0.25) is 9.58 Å². The summed E-state index contributed by atoms with van der Waals surface area (Å²) < 4.78 is 33.7. The molecule has 2 aliphatic heterocycles. The number of likely N-dealkylation sites (tertiary alicyclic amines) is 1. The van der Waals surface area contributed by atoms with E-state index in [-0.39, 0.29) is 12.5 Å². The number of aliphatic hydroxyl groups excluding tert-OH is 1. The number of ether oxygens (including phenoxy) is 1. The summed E-state index contributed by atoms with van der Waals surface area (Å²) >= 11 is 6.66. The molecule has 1 aliphatic carbocycles. The minimum absolute atomic E-state index is 0.0725. The second-order valence-electron chi connectivity index (χ2n) is 9.80. The number of anilines is 2. The van der Waals surface area contributed by atoms with Crippen LogP contribution in [-0.4, -0.2) is 74.1 Å². The molecule has 0 radical (unpaired) electrons. The molecule has 1 saturated carbocycles. The number of nitrogens with zero attached hydrogens (tertiary/aromatic N) is 5. The quantitative estimate of drug-likeness (QED) is 0.542. The summed E-state index contributed by atoms with van der Waals surface area (Å²) in [7, 11) is 0. The molecule has 3 aromatic rings. The maximum Gasteiger partial charge on any atom is 0.272 e. The molecule has 3 atom stereocenters. The lowest BCUT2D eigenvalue weighted by Crippen LogP contribution is -2.46. The maximum absolute atomic E-state index is 13.5. The molecule has 2 aromatic heterocycles. The van der Waals surface area contributed by atoms with E-state index in [0.717, 1.165) is 42.4 Å². The predicted molar refractivity (Wildman–Crippen MR) is 128 cm³/mol. The smallest absolute Gasteiger partial charge is 0.272 e. The van der Waals surface area contributed by atoms with Crippen molar-refractivity contribution in [3.8, 4) is 0 Å². The van der Waals surface area contributed by atoms with Gasteiger partial charge in [0.1, 0.15) is 6.04 Å². The summed E-state index contributed by atoms with van der Waals surface area (Å²) in [6, 6.07) is 3.12. The number of hydrogen-bond donors (Lipinski definition) is 2. The zero-order valence-corrected chi connectivity index (χ0v) is 20.0. The first-order valence-corrected chi connectivity index (χ1v) is 12.3. The van der Waals surface area contributed by atoms with Crippen molar-refractivity contribution in [3.63, 3.8) is 0 Å². The topological polar surface area (TPSA) is 88.3 Å². The molecule has 3 aliphatic rings. The molecule has 0 amide bonds. The Balaban J connectivity index is 1.19.